The molecule has 4 nitrogen and oxygen atoms in total. The molecule has 0 bridgehead atoms. The summed E-state index contributed by atoms with van der Waals surface area (Å²) in [5, 5.41) is 1.03. The molecule has 9 heteroatoms. The van der Waals surface area contributed by atoms with Crippen LogP contribution in [0.3, 0.4) is 0 Å². The highest BCUT2D eigenvalue weighted by atomic mass is 79.9. The van der Waals surface area contributed by atoms with E-state index in [1.54, 1.807) is 0 Å². The first-order valence-electron chi connectivity index (χ1n) is 5.50. The number of nitrogens with zero attached hydrogens (tertiary/aromatic N) is 1. The number of ether oxygens (including phenoxy) is 1. The van der Waals surface area contributed by atoms with E-state index in [4.69, 9.17) is 16.3 Å². The summed E-state index contributed by atoms with van der Waals surface area (Å²) in [5.41, 5.74) is 0. The average molecular weight is 454 g/mol. The molecule has 0 amide bonds. The topological polar surface area (TPSA) is 46.6 Å². The van der Waals surface area contributed by atoms with E-state index < -0.39 is 10.0 Å². The standard InChI is InChI=1S/C10H12Br2ClNO3S2/c1-6-5-17-7(3-11)4-14(6)19(15,16)9-2-8(13)10(12)18-9/h2,6-7H,3-5H2,1H3. The van der Waals surface area contributed by atoms with Crippen molar-refractivity contribution < 1.29 is 13.2 Å². The van der Waals surface area contributed by atoms with Crippen LogP contribution in [-0.4, -0.2) is 43.4 Å². The van der Waals surface area contributed by atoms with Gasteiger partial charge < -0.3 is 4.74 Å². The first kappa shape index (κ1) is 16.2. The van der Waals surface area contributed by atoms with Gasteiger partial charge in [-0.3, -0.25) is 0 Å². The lowest BCUT2D eigenvalue weighted by atomic mass is 10.2. The molecular formula is C10H12Br2ClNO3S2. The van der Waals surface area contributed by atoms with Crippen molar-refractivity contribution in [3.63, 3.8) is 0 Å². The molecule has 0 N–H and O–H groups in total. The number of halogens is 3. The molecule has 2 heterocycles. The Morgan fingerprint density at radius 1 is 1.63 bits per heavy atom. The molecule has 0 aliphatic carbocycles. The van der Waals surface area contributed by atoms with Crippen molar-refractivity contribution in [3.8, 4) is 0 Å². The van der Waals surface area contributed by atoms with Crippen LogP contribution in [-0.2, 0) is 14.8 Å². The Hall–Kier alpha value is 0.820. The molecular weight excluding hydrogens is 442 g/mol. The van der Waals surface area contributed by atoms with E-state index in [1.165, 1.54) is 10.4 Å². The van der Waals surface area contributed by atoms with Crippen LogP contribution in [0.5, 0.6) is 0 Å². The van der Waals surface area contributed by atoms with Crippen LogP contribution in [0.25, 0.3) is 0 Å². The van der Waals surface area contributed by atoms with Crippen LogP contribution >= 0.6 is 54.8 Å². The van der Waals surface area contributed by atoms with Crippen LogP contribution in [0.1, 0.15) is 6.92 Å². The molecule has 0 saturated carbocycles. The van der Waals surface area contributed by atoms with Gasteiger partial charge in [0.05, 0.1) is 21.5 Å². The van der Waals surface area contributed by atoms with Crippen LogP contribution in [0.2, 0.25) is 5.02 Å². The maximum Gasteiger partial charge on any atom is 0.253 e. The highest BCUT2D eigenvalue weighted by molar-refractivity contribution is 9.11. The minimum absolute atomic E-state index is 0.121. The SMILES string of the molecule is CC1COC(CBr)CN1S(=O)(=O)c1cc(Cl)c(Br)s1. The summed E-state index contributed by atoms with van der Waals surface area (Å²) in [4.78, 5) is 0. The molecule has 0 aromatic carbocycles. The lowest BCUT2D eigenvalue weighted by Crippen LogP contribution is -2.51. The number of hydrogen-bond acceptors (Lipinski definition) is 4. The summed E-state index contributed by atoms with van der Waals surface area (Å²) in [6.07, 6.45) is -0.121. The lowest BCUT2D eigenvalue weighted by Gasteiger charge is -2.36. The maximum atomic E-state index is 12.6. The van der Waals surface area contributed by atoms with E-state index in [9.17, 15) is 8.42 Å². The Labute approximate surface area is 138 Å². The smallest absolute Gasteiger partial charge is 0.253 e. The zero-order valence-corrected chi connectivity index (χ0v) is 15.5. The third kappa shape index (κ3) is 3.36. The van der Waals surface area contributed by atoms with Crippen molar-refractivity contribution in [3.05, 3.63) is 14.9 Å². The summed E-state index contributed by atoms with van der Waals surface area (Å²) in [6, 6.07) is 1.30. The maximum absolute atomic E-state index is 12.6. The van der Waals surface area contributed by atoms with Gasteiger partial charge in [-0.15, -0.1) is 11.3 Å². The third-order valence-corrected chi connectivity index (χ3v) is 8.43. The van der Waals surface area contributed by atoms with E-state index in [1.807, 2.05) is 6.92 Å². The highest BCUT2D eigenvalue weighted by Crippen LogP contribution is 2.36. The molecule has 108 valence electrons. The van der Waals surface area contributed by atoms with Gasteiger partial charge in [0.2, 0.25) is 0 Å². The van der Waals surface area contributed by atoms with Gasteiger partial charge in [-0.1, -0.05) is 27.5 Å². The van der Waals surface area contributed by atoms with Crippen molar-refractivity contribution in [2.45, 2.75) is 23.3 Å². The fraction of sp³-hybridized carbons (Fsp3) is 0.600. The zero-order valence-electron chi connectivity index (χ0n) is 9.98. The third-order valence-electron chi connectivity index (χ3n) is 2.81. The second kappa shape index (κ2) is 6.29. The van der Waals surface area contributed by atoms with E-state index in [0.29, 0.717) is 27.3 Å². The summed E-state index contributed by atoms with van der Waals surface area (Å²) in [7, 11) is -3.52. The first-order chi connectivity index (χ1) is 8.86. The molecule has 1 aromatic rings. The summed E-state index contributed by atoms with van der Waals surface area (Å²) < 4.78 is 33.1. The molecule has 1 aromatic heterocycles. The Morgan fingerprint density at radius 3 is 2.84 bits per heavy atom. The largest absolute Gasteiger partial charge is 0.374 e. The molecule has 1 aliphatic rings. The number of thiophene rings is 1. The molecule has 1 saturated heterocycles. The monoisotopic (exact) mass is 451 g/mol. The van der Waals surface area contributed by atoms with Crippen molar-refractivity contribution in [1.29, 1.82) is 0 Å². The minimum Gasteiger partial charge on any atom is -0.374 e. The van der Waals surface area contributed by atoms with E-state index in [2.05, 4.69) is 31.9 Å². The molecule has 19 heavy (non-hydrogen) atoms. The van der Waals surface area contributed by atoms with Gasteiger partial charge in [-0.2, -0.15) is 4.31 Å². The predicted octanol–water partition coefficient (Wildman–Crippen LogP) is 3.34. The summed E-state index contributed by atoms with van der Waals surface area (Å²) in [5.74, 6) is 0. The molecule has 1 aliphatic heterocycles. The lowest BCUT2D eigenvalue weighted by molar-refractivity contribution is -0.0138. The number of alkyl halides is 1. The second-order valence-corrected chi connectivity index (χ2v) is 9.76. The Balaban J connectivity index is 2.32. The minimum atomic E-state index is -3.52. The number of morpholine rings is 1. The zero-order chi connectivity index (χ0) is 14.2. The first-order valence-corrected chi connectivity index (χ1v) is 10.1. The molecule has 2 rings (SSSR count). The second-order valence-electron chi connectivity index (χ2n) is 4.22. The average Bonchev–Trinajstić information content (AvgIpc) is 2.71. The van der Waals surface area contributed by atoms with Gasteiger partial charge in [0, 0.05) is 17.9 Å². The van der Waals surface area contributed by atoms with Gasteiger partial charge in [0.15, 0.2) is 0 Å². The molecule has 2 atom stereocenters. The molecule has 0 spiro atoms. The highest BCUT2D eigenvalue weighted by Gasteiger charge is 2.36. The fourth-order valence-corrected chi connectivity index (χ4v) is 6.36. The van der Waals surface area contributed by atoms with E-state index in [0.717, 1.165) is 11.3 Å². The fourth-order valence-electron chi connectivity index (χ4n) is 1.79. The molecule has 2 unspecified atom stereocenters. The number of rotatable bonds is 3. The van der Waals surface area contributed by atoms with E-state index in [-0.39, 0.29) is 16.4 Å². The van der Waals surface area contributed by atoms with Crippen LogP contribution in [0.15, 0.2) is 14.1 Å². The summed E-state index contributed by atoms with van der Waals surface area (Å²) >= 11 is 13.6. The van der Waals surface area contributed by atoms with Gasteiger partial charge in [0.1, 0.15) is 4.21 Å². The van der Waals surface area contributed by atoms with Gasteiger partial charge in [-0.05, 0) is 28.9 Å². The van der Waals surface area contributed by atoms with Crippen molar-refractivity contribution in [2.24, 2.45) is 0 Å². The van der Waals surface area contributed by atoms with E-state index >= 15 is 0 Å². The van der Waals surface area contributed by atoms with Crippen LogP contribution < -0.4 is 0 Å². The normalized spacial score (nSPS) is 25.7. The predicted molar refractivity (Wildman–Crippen MR) is 83.9 cm³/mol. The Bertz CT molecular complexity index is 544. The quantitative estimate of drug-likeness (QED) is 0.660. The van der Waals surface area contributed by atoms with Crippen molar-refractivity contribution >= 4 is 64.8 Å². The van der Waals surface area contributed by atoms with Gasteiger partial charge in [0.25, 0.3) is 10.0 Å². The number of hydrogen-bond donors (Lipinski definition) is 0. The van der Waals surface area contributed by atoms with Gasteiger partial charge in [-0.25, -0.2) is 8.42 Å². The van der Waals surface area contributed by atoms with Crippen molar-refractivity contribution in [1.82, 2.24) is 4.31 Å². The van der Waals surface area contributed by atoms with Crippen molar-refractivity contribution in [2.75, 3.05) is 18.5 Å². The van der Waals surface area contributed by atoms with Crippen LogP contribution in [0.4, 0.5) is 0 Å². The Morgan fingerprint density at radius 2 is 2.32 bits per heavy atom. The number of sulfonamides is 1. The van der Waals surface area contributed by atoms with Crippen LogP contribution in [0, 0.1) is 0 Å². The van der Waals surface area contributed by atoms with Gasteiger partial charge >= 0.3 is 0 Å². The molecule has 1 fully saturated rings. The summed E-state index contributed by atoms with van der Waals surface area (Å²) in [6.45, 7) is 2.59. The molecule has 0 radical (unpaired) electrons. The Kier molecular flexibility index (Phi) is 5.36.